The smallest absolute Gasteiger partial charge is 0.380 e. The molecule has 162 valence electrons. The summed E-state index contributed by atoms with van der Waals surface area (Å²) in [6, 6.07) is 1.76. The molecule has 1 N–H and O–H groups in total. The van der Waals surface area contributed by atoms with Crippen LogP contribution in [0.25, 0.3) is 0 Å². The highest BCUT2D eigenvalue weighted by Gasteiger charge is 2.48. The van der Waals surface area contributed by atoms with E-state index in [1.54, 1.807) is 0 Å². The molecule has 29 heavy (non-hydrogen) atoms. The van der Waals surface area contributed by atoms with Gasteiger partial charge in [-0.3, -0.25) is 0 Å². The Morgan fingerprint density at radius 3 is 2.34 bits per heavy atom. The molecular formula is C19H26F3N3O3S. The third-order valence-corrected chi connectivity index (χ3v) is 8.41. The van der Waals surface area contributed by atoms with Gasteiger partial charge in [0.2, 0.25) is 10.0 Å². The molecule has 3 atom stereocenters. The van der Waals surface area contributed by atoms with Crippen molar-refractivity contribution in [3.05, 3.63) is 23.5 Å². The van der Waals surface area contributed by atoms with Gasteiger partial charge in [0.15, 0.2) is 0 Å². The number of halogens is 3. The molecular weight excluding hydrogens is 407 g/mol. The van der Waals surface area contributed by atoms with Crippen LogP contribution in [0.1, 0.15) is 44.0 Å². The van der Waals surface area contributed by atoms with E-state index in [2.05, 4.69) is 17.2 Å². The van der Waals surface area contributed by atoms with Crippen LogP contribution >= 0.6 is 0 Å². The molecule has 0 radical (unpaired) electrons. The standard InChI is InChI=1S/C19H26F3N3O3S/c1-12-16(5-6-17(24-12)19(20,21)22)29(26,27)25-14-3-4-15(25)8-13(7-14)23-9-18(2)10-28-11-18/h5-6,13-15,23H,3-4,7-11H2,1-2H3/t13?,14-,15+. The first-order chi connectivity index (χ1) is 13.5. The molecule has 10 heteroatoms. The van der Waals surface area contributed by atoms with Crippen LogP contribution in [-0.2, 0) is 20.9 Å². The van der Waals surface area contributed by atoms with Gasteiger partial charge in [0.05, 0.1) is 18.9 Å². The van der Waals surface area contributed by atoms with Gasteiger partial charge in [-0.2, -0.15) is 17.5 Å². The third kappa shape index (κ3) is 3.92. The summed E-state index contributed by atoms with van der Waals surface area (Å²) in [6.07, 6.45) is -1.64. The average molecular weight is 433 g/mol. The monoisotopic (exact) mass is 433 g/mol. The molecule has 3 fully saturated rings. The Hall–Kier alpha value is -1.23. The van der Waals surface area contributed by atoms with Gasteiger partial charge in [-0.25, -0.2) is 13.4 Å². The van der Waals surface area contributed by atoms with Crippen LogP contribution in [0.2, 0.25) is 0 Å². The number of nitrogens with zero attached hydrogens (tertiary/aromatic N) is 2. The van der Waals surface area contributed by atoms with Crippen molar-refractivity contribution in [2.75, 3.05) is 19.8 Å². The average Bonchev–Trinajstić information content (AvgIpc) is 2.89. The molecule has 3 aliphatic heterocycles. The van der Waals surface area contributed by atoms with E-state index in [-0.39, 0.29) is 34.1 Å². The minimum atomic E-state index is -4.60. The highest BCUT2D eigenvalue weighted by Crippen LogP contribution is 2.41. The summed E-state index contributed by atoms with van der Waals surface area (Å²) < 4.78 is 72.0. The number of hydrogen-bond acceptors (Lipinski definition) is 5. The fourth-order valence-corrected chi connectivity index (χ4v) is 6.78. The first-order valence-corrected chi connectivity index (χ1v) is 11.3. The summed E-state index contributed by atoms with van der Waals surface area (Å²) >= 11 is 0. The number of hydrogen-bond donors (Lipinski definition) is 1. The second-order valence-corrected chi connectivity index (χ2v) is 10.7. The number of aryl methyl sites for hydroxylation is 1. The second-order valence-electron chi connectivity index (χ2n) is 8.85. The van der Waals surface area contributed by atoms with Crippen LogP contribution in [0.4, 0.5) is 13.2 Å². The summed E-state index contributed by atoms with van der Waals surface area (Å²) in [5.41, 5.74) is -1.05. The van der Waals surface area contributed by atoms with Crippen LogP contribution in [0.5, 0.6) is 0 Å². The zero-order valence-corrected chi connectivity index (χ0v) is 17.3. The number of aromatic nitrogens is 1. The lowest BCUT2D eigenvalue weighted by Crippen LogP contribution is -2.55. The molecule has 2 bridgehead atoms. The predicted molar refractivity (Wildman–Crippen MR) is 99.8 cm³/mol. The van der Waals surface area contributed by atoms with Crippen molar-refractivity contribution in [3.8, 4) is 0 Å². The van der Waals surface area contributed by atoms with Gasteiger partial charge in [0.25, 0.3) is 0 Å². The van der Waals surface area contributed by atoms with Gasteiger partial charge in [-0.05, 0) is 44.7 Å². The first-order valence-electron chi connectivity index (χ1n) is 9.89. The van der Waals surface area contributed by atoms with Gasteiger partial charge in [0.1, 0.15) is 10.6 Å². The van der Waals surface area contributed by atoms with E-state index in [0.717, 1.165) is 44.7 Å². The molecule has 3 aliphatic rings. The van der Waals surface area contributed by atoms with Crippen molar-refractivity contribution in [1.82, 2.24) is 14.6 Å². The predicted octanol–water partition coefficient (Wildman–Crippen LogP) is 2.72. The Morgan fingerprint density at radius 1 is 1.24 bits per heavy atom. The van der Waals surface area contributed by atoms with Crippen LogP contribution in [0, 0.1) is 12.3 Å². The van der Waals surface area contributed by atoms with E-state index >= 15 is 0 Å². The second kappa shape index (κ2) is 7.18. The van der Waals surface area contributed by atoms with E-state index in [1.165, 1.54) is 11.2 Å². The fourth-order valence-electron chi connectivity index (χ4n) is 4.73. The highest BCUT2D eigenvalue weighted by atomic mass is 32.2. The normalized spacial score (nSPS) is 29.6. The SMILES string of the molecule is Cc1nc(C(F)(F)F)ccc1S(=O)(=O)N1[C@@H]2CC[C@H]1CC(NCC1(C)COC1)C2. The van der Waals surface area contributed by atoms with E-state index in [9.17, 15) is 21.6 Å². The Bertz CT molecular complexity index is 872. The number of nitrogens with one attached hydrogen (secondary N) is 1. The lowest BCUT2D eigenvalue weighted by atomic mass is 9.87. The van der Waals surface area contributed by atoms with Gasteiger partial charge in [-0.1, -0.05) is 6.92 Å². The number of sulfonamides is 1. The lowest BCUT2D eigenvalue weighted by Gasteiger charge is -2.42. The number of alkyl halides is 3. The Morgan fingerprint density at radius 2 is 1.86 bits per heavy atom. The minimum Gasteiger partial charge on any atom is -0.380 e. The molecule has 1 unspecified atom stereocenters. The van der Waals surface area contributed by atoms with Gasteiger partial charge >= 0.3 is 6.18 Å². The molecule has 0 spiro atoms. The third-order valence-electron chi connectivity index (χ3n) is 6.27. The summed E-state index contributed by atoms with van der Waals surface area (Å²) in [4.78, 5) is 3.38. The van der Waals surface area contributed by atoms with E-state index < -0.39 is 21.9 Å². The van der Waals surface area contributed by atoms with E-state index in [1.807, 2.05) is 0 Å². The molecule has 1 aromatic heterocycles. The van der Waals surface area contributed by atoms with Crippen molar-refractivity contribution in [3.63, 3.8) is 0 Å². The maximum absolute atomic E-state index is 13.3. The minimum absolute atomic E-state index is 0.114. The topological polar surface area (TPSA) is 71.5 Å². The Balaban J connectivity index is 1.50. The lowest BCUT2D eigenvalue weighted by molar-refractivity contribution is -0.141. The maximum Gasteiger partial charge on any atom is 0.433 e. The zero-order valence-electron chi connectivity index (χ0n) is 16.5. The highest BCUT2D eigenvalue weighted by molar-refractivity contribution is 7.89. The molecule has 1 aromatic rings. The summed E-state index contributed by atoms with van der Waals surface area (Å²) in [6.45, 7) is 5.80. The zero-order chi connectivity index (χ0) is 21.0. The van der Waals surface area contributed by atoms with E-state index in [4.69, 9.17) is 4.74 Å². The molecule has 6 nitrogen and oxygen atoms in total. The van der Waals surface area contributed by atoms with Crippen molar-refractivity contribution in [1.29, 1.82) is 0 Å². The summed E-state index contributed by atoms with van der Waals surface area (Å²) in [5, 5.41) is 3.57. The summed E-state index contributed by atoms with van der Waals surface area (Å²) in [7, 11) is -3.90. The largest absolute Gasteiger partial charge is 0.433 e. The van der Waals surface area contributed by atoms with Crippen molar-refractivity contribution < 1.29 is 26.3 Å². The number of ether oxygens (including phenoxy) is 1. The molecule has 4 rings (SSSR count). The molecule has 0 saturated carbocycles. The van der Waals surface area contributed by atoms with Crippen LogP contribution in [0.3, 0.4) is 0 Å². The molecule has 3 saturated heterocycles. The van der Waals surface area contributed by atoms with Crippen molar-refractivity contribution in [2.24, 2.45) is 5.41 Å². The van der Waals surface area contributed by atoms with Crippen molar-refractivity contribution >= 4 is 10.0 Å². The number of fused-ring (bicyclic) bond motifs is 2. The first kappa shape index (κ1) is 21.0. The fraction of sp³-hybridized carbons (Fsp3) is 0.737. The number of pyridine rings is 1. The van der Waals surface area contributed by atoms with Gasteiger partial charge in [0, 0.05) is 30.1 Å². The molecule has 0 aromatic carbocycles. The number of piperidine rings is 1. The Labute approximate surface area is 168 Å². The van der Waals surface area contributed by atoms with Crippen LogP contribution in [-0.4, -0.2) is 55.6 Å². The number of rotatable bonds is 5. The maximum atomic E-state index is 13.3. The van der Waals surface area contributed by atoms with E-state index in [0.29, 0.717) is 12.8 Å². The van der Waals surface area contributed by atoms with Crippen LogP contribution in [0.15, 0.2) is 17.0 Å². The molecule has 0 amide bonds. The van der Waals surface area contributed by atoms with Crippen molar-refractivity contribution in [2.45, 2.75) is 68.7 Å². The molecule has 4 heterocycles. The Kier molecular flexibility index (Phi) is 5.20. The summed E-state index contributed by atoms with van der Waals surface area (Å²) in [5.74, 6) is 0. The van der Waals surface area contributed by atoms with Crippen LogP contribution < -0.4 is 5.32 Å². The van der Waals surface area contributed by atoms with Gasteiger partial charge < -0.3 is 10.1 Å². The quantitative estimate of drug-likeness (QED) is 0.773. The van der Waals surface area contributed by atoms with Gasteiger partial charge in [-0.15, -0.1) is 0 Å². The molecule has 0 aliphatic carbocycles.